The van der Waals surface area contributed by atoms with Crippen molar-refractivity contribution < 1.29 is 9.59 Å². The molecule has 0 radical (unpaired) electrons. The van der Waals surface area contributed by atoms with Gasteiger partial charge in [-0.05, 0) is 37.0 Å². The first-order valence-electron chi connectivity index (χ1n) is 10.3. The van der Waals surface area contributed by atoms with Crippen LogP contribution in [0.5, 0.6) is 0 Å². The molecule has 2 heterocycles. The third-order valence-electron chi connectivity index (χ3n) is 5.29. The van der Waals surface area contributed by atoms with Crippen molar-refractivity contribution in [2.75, 3.05) is 18.4 Å². The summed E-state index contributed by atoms with van der Waals surface area (Å²) in [6.07, 6.45) is 3.03. The number of amides is 2. The van der Waals surface area contributed by atoms with E-state index in [-0.39, 0.29) is 18.2 Å². The number of hydrogen-bond acceptors (Lipinski definition) is 4. The Morgan fingerprint density at radius 1 is 1.07 bits per heavy atom. The molecule has 2 amide bonds. The number of thiazole rings is 1. The van der Waals surface area contributed by atoms with Crippen LogP contribution < -0.4 is 5.32 Å². The number of rotatable bonds is 6. The lowest BCUT2D eigenvalue weighted by molar-refractivity contribution is -0.115. The molecule has 0 atom stereocenters. The molecule has 6 heteroatoms. The number of carbonyl (C=O) groups excluding carboxylic acids is 2. The largest absolute Gasteiger partial charge is 0.339 e. The van der Waals surface area contributed by atoms with Crippen molar-refractivity contribution in [3.8, 4) is 0 Å². The van der Waals surface area contributed by atoms with Crippen LogP contribution in [0.4, 0.5) is 5.69 Å². The molecule has 0 bridgehead atoms. The van der Waals surface area contributed by atoms with Crippen LogP contribution in [0.2, 0.25) is 0 Å². The van der Waals surface area contributed by atoms with Gasteiger partial charge >= 0.3 is 0 Å². The molecule has 30 heavy (non-hydrogen) atoms. The minimum Gasteiger partial charge on any atom is -0.339 e. The lowest BCUT2D eigenvalue weighted by Crippen LogP contribution is -2.29. The third kappa shape index (κ3) is 4.76. The Balaban J connectivity index is 1.43. The molecule has 1 aromatic heterocycles. The second kappa shape index (κ2) is 9.22. The van der Waals surface area contributed by atoms with Gasteiger partial charge in [0.25, 0.3) is 5.91 Å². The Hall–Kier alpha value is -2.99. The first-order valence-corrected chi connectivity index (χ1v) is 11.1. The summed E-state index contributed by atoms with van der Waals surface area (Å²) in [6.45, 7) is 3.47. The molecule has 1 fully saturated rings. The summed E-state index contributed by atoms with van der Waals surface area (Å²) >= 11 is 1.57. The van der Waals surface area contributed by atoms with Crippen LogP contribution in [-0.4, -0.2) is 34.8 Å². The highest BCUT2D eigenvalue weighted by Crippen LogP contribution is 2.24. The number of anilines is 1. The van der Waals surface area contributed by atoms with Gasteiger partial charge in [0.2, 0.25) is 5.91 Å². The van der Waals surface area contributed by atoms with Crippen LogP contribution in [0.3, 0.4) is 0 Å². The topological polar surface area (TPSA) is 62.3 Å². The normalized spacial score (nSPS) is 13.4. The number of aromatic nitrogens is 1. The van der Waals surface area contributed by atoms with Crippen LogP contribution >= 0.6 is 11.3 Å². The number of likely N-dealkylation sites (tertiary alicyclic amines) is 1. The van der Waals surface area contributed by atoms with Crippen LogP contribution in [0.25, 0.3) is 0 Å². The second-order valence-corrected chi connectivity index (χ2v) is 8.56. The fraction of sp³-hybridized carbons (Fsp3) is 0.292. The van der Waals surface area contributed by atoms with E-state index in [2.05, 4.69) is 22.4 Å². The molecular weight excluding hydrogens is 394 g/mol. The molecule has 0 spiro atoms. The van der Waals surface area contributed by atoms with Gasteiger partial charge in [-0.2, -0.15) is 0 Å². The van der Waals surface area contributed by atoms with Gasteiger partial charge in [0.1, 0.15) is 0 Å². The number of hydrogen-bond donors (Lipinski definition) is 1. The average Bonchev–Trinajstić information content (AvgIpc) is 3.41. The smallest absolute Gasteiger partial charge is 0.256 e. The van der Waals surface area contributed by atoms with Gasteiger partial charge in [-0.15, -0.1) is 11.3 Å². The zero-order valence-corrected chi connectivity index (χ0v) is 17.9. The molecule has 0 aliphatic carbocycles. The Kier molecular flexibility index (Phi) is 6.23. The molecule has 154 valence electrons. The van der Waals surface area contributed by atoms with E-state index in [4.69, 9.17) is 0 Å². The van der Waals surface area contributed by atoms with Gasteiger partial charge in [0.15, 0.2) is 0 Å². The summed E-state index contributed by atoms with van der Waals surface area (Å²) in [6, 6.07) is 15.8. The van der Waals surface area contributed by atoms with Crippen molar-refractivity contribution in [1.82, 2.24) is 9.88 Å². The minimum absolute atomic E-state index is 0.000273. The van der Waals surface area contributed by atoms with Gasteiger partial charge in [-0.1, -0.05) is 42.5 Å². The van der Waals surface area contributed by atoms with Gasteiger partial charge in [-0.3, -0.25) is 9.59 Å². The Morgan fingerprint density at radius 3 is 2.60 bits per heavy atom. The van der Waals surface area contributed by atoms with Crippen molar-refractivity contribution in [3.05, 3.63) is 81.3 Å². The van der Waals surface area contributed by atoms with E-state index in [0.29, 0.717) is 11.3 Å². The summed E-state index contributed by atoms with van der Waals surface area (Å²) in [5.74, 6) is -0.160. The standard InChI is InChI=1S/C24H25N3O2S/c1-17-8-7-11-20(23(17)24(29)27-12-5-6-13-27)26-21(28)15-19-16-30-22(25-19)14-18-9-3-2-4-10-18/h2-4,7-11,16H,5-6,12-15H2,1H3,(H,26,28). The van der Waals surface area contributed by atoms with Crippen LogP contribution in [0.1, 0.15) is 45.0 Å². The number of nitrogens with one attached hydrogen (secondary N) is 1. The molecule has 1 N–H and O–H groups in total. The zero-order valence-electron chi connectivity index (χ0n) is 17.1. The van der Waals surface area contributed by atoms with Gasteiger partial charge in [-0.25, -0.2) is 4.98 Å². The van der Waals surface area contributed by atoms with Crippen molar-refractivity contribution in [3.63, 3.8) is 0 Å². The lowest BCUT2D eigenvalue weighted by Gasteiger charge is -2.19. The fourth-order valence-electron chi connectivity index (χ4n) is 3.77. The first kappa shape index (κ1) is 20.3. The van der Waals surface area contributed by atoms with Crippen LogP contribution in [0.15, 0.2) is 53.9 Å². The number of carbonyl (C=O) groups is 2. The maximum Gasteiger partial charge on any atom is 0.256 e. The second-order valence-electron chi connectivity index (χ2n) is 7.62. The van der Waals surface area contributed by atoms with Crippen molar-refractivity contribution in [2.24, 2.45) is 0 Å². The summed E-state index contributed by atoms with van der Waals surface area (Å²) in [5, 5.41) is 5.87. The number of nitrogens with zero attached hydrogens (tertiary/aromatic N) is 2. The number of benzene rings is 2. The van der Waals surface area contributed by atoms with E-state index < -0.39 is 0 Å². The quantitative estimate of drug-likeness (QED) is 0.642. The molecule has 2 aromatic carbocycles. The highest BCUT2D eigenvalue weighted by Gasteiger charge is 2.24. The maximum absolute atomic E-state index is 13.0. The molecular formula is C24H25N3O2S. The van der Waals surface area contributed by atoms with Gasteiger partial charge in [0, 0.05) is 24.9 Å². The molecule has 5 nitrogen and oxygen atoms in total. The van der Waals surface area contributed by atoms with Gasteiger partial charge in [0.05, 0.1) is 28.4 Å². The van der Waals surface area contributed by atoms with Crippen molar-refractivity contribution in [1.29, 1.82) is 0 Å². The van der Waals surface area contributed by atoms with E-state index >= 15 is 0 Å². The molecule has 1 saturated heterocycles. The predicted octanol–water partition coefficient (Wildman–Crippen LogP) is 4.46. The molecule has 1 aliphatic heterocycles. The lowest BCUT2D eigenvalue weighted by atomic mass is 10.0. The van der Waals surface area contributed by atoms with E-state index in [1.54, 1.807) is 17.4 Å². The molecule has 3 aromatic rings. The van der Waals surface area contributed by atoms with E-state index in [0.717, 1.165) is 48.6 Å². The van der Waals surface area contributed by atoms with E-state index in [1.807, 2.05) is 47.5 Å². The summed E-state index contributed by atoms with van der Waals surface area (Å²) in [5.41, 5.74) is 4.01. The average molecular weight is 420 g/mol. The fourth-order valence-corrected chi connectivity index (χ4v) is 4.60. The zero-order chi connectivity index (χ0) is 20.9. The highest BCUT2D eigenvalue weighted by molar-refractivity contribution is 7.09. The molecule has 0 saturated carbocycles. The Bertz CT molecular complexity index is 1040. The summed E-state index contributed by atoms with van der Waals surface area (Å²) in [4.78, 5) is 32.1. The van der Waals surface area contributed by atoms with Gasteiger partial charge < -0.3 is 10.2 Å². The van der Waals surface area contributed by atoms with Crippen LogP contribution in [-0.2, 0) is 17.6 Å². The maximum atomic E-state index is 13.0. The van der Waals surface area contributed by atoms with Crippen molar-refractivity contribution in [2.45, 2.75) is 32.6 Å². The molecule has 1 aliphatic rings. The third-order valence-corrected chi connectivity index (χ3v) is 6.19. The minimum atomic E-state index is -0.160. The van der Waals surface area contributed by atoms with Crippen LogP contribution in [0, 0.1) is 6.92 Å². The summed E-state index contributed by atoms with van der Waals surface area (Å²) < 4.78 is 0. The molecule has 4 rings (SSSR count). The molecule has 0 unspecified atom stereocenters. The predicted molar refractivity (Wildman–Crippen MR) is 120 cm³/mol. The van der Waals surface area contributed by atoms with E-state index in [9.17, 15) is 9.59 Å². The SMILES string of the molecule is Cc1cccc(NC(=O)Cc2csc(Cc3ccccc3)n2)c1C(=O)N1CCCC1. The monoisotopic (exact) mass is 419 g/mol. The first-order chi connectivity index (χ1) is 14.6. The van der Waals surface area contributed by atoms with E-state index in [1.165, 1.54) is 5.56 Å². The number of aryl methyl sites for hydroxylation is 1. The highest BCUT2D eigenvalue weighted by atomic mass is 32.1. The summed E-state index contributed by atoms with van der Waals surface area (Å²) in [7, 11) is 0. The Labute approximate surface area is 180 Å². The van der Waals surface area contributed by atoms with Crippen molar-refractivity contribution >= 4 is 28.8 Å². The Morgan fingerprint density at radius 2 is 1.83 bits per heavy atom.